The molecule has 1 aliphatic carbocycles. The van der Waals surface area contributed by atoms with Gasteiger partial charge < -0.3 is 14.8 Å². The van der Waals surface area contributed by atoms with E-state index < -0.39 is 0 Å². The smallest absolute Gasteiger partial charge is 0.251 e. The minimum absolute atomic E-state index is 0.163. The molecule has 148 valence electrons. The van der Waals surface area contributed by atoms with Crippen LogP contribution in [0.4, 0.5) is 0 Å². The lowest BCUT2D eigenvalue weighted by Gasteiger charge is -2.14. The molecule has 1 saturated carbocycles. The van der Waals surface area contributed by atoms with Gasteiger partial charge in [-0.05, 0) is 49.2 Å². The SMILES string of the molecule is O=C(NCc1cc(-c2ccncc2)n(C2CCCC2)n1)c1ccc2c(c1)OCO2. The summed E-state index contributed by atoms with van der Waals surface area (Å²) < 4.78 is 12.8. The van der Waals surface area contributed by atoms with E-state index in [4.69, 9.17) is 14.6 Å². The van der Waals surface area contributed by atoms with Gasteiger partial charge >= 0.3 is 0 Å². The third-order valence-electron chi connectivity index (χ3n) is 5.50. The van der Waals surface area contributed by atoms with Crippen molar-refractivity contribution in [3.8, 4) is 22.8 Å². The van der Waals surface area contributed by atoms with Crippen molar-refractivity contribution in [1.82, 2.24) is 20.1 Å². The molecule has 7 nitrogen and oxygen atoms in total. The lowest BCUT2D eigenvalue weighted by molar-refractivity contribution is 0.0950. The van der Waals surface area contributed by atoms with Crippen LogP contribution in [-0.2, 0) is 6.54 Å². The fourth-order valence-electron chi connectivity index (χ4n) is 4.01. The van der Waals surface area contributed by atoms with E-state index in [0.717, 1.165) is 29.8 Å². The number of rotatable bonds is 5. The molecule has 3 heterocycles. The highest BCUT2D eigenvalue weighted by Gasteiger charge is 2.22. The first kappa shape index (κ1) is 17.7. The van der Waals surface area contributed by atoms with Crippen LogP contribution in [0.25, 0.3) is 11.3 Å². The Morgan fingerprint density at radius 1 is 1.07 bits per heavy atom. The zero-order valence-corrected chi connectivity index (χ0v) is 16.0. The van der Waals surface area contributed by atoms with Gasteiger partial charge in [0.25, 0.3) is 5.91 Å². The highest BCUT2D eigenvalue weighted by atomic mass is 16.7. The van der Waals surface area contributed by atoms with Crippen molar-refractivity contribution in [3.63, 3.8) is 0 Å². The first-order chi connectivity index (χ1) is 14.3. The van der Waals surface area contributed by atoms with Crippen LogP contribution >= 0.6 is 0 Å². The standard InChI is InChI=1S/C22H22N4O3/c27-22(16-5-6-20-21(11-16)29-14-28-20)24-13-17-12-19(15-7-9-23-10-8-15)26(25-17)18-3-1-2-4-18/h5-12,18H,1-4,13-14H2,(H,24,27). The van der Waals surface area contributed by atoms with Crippen molar-refractivity contribution in [3.05, 3.63) is 60.0 Å². The minimum Gasteiger partial charge on any atom is -0.454 e. The molecule has 0 atom stereocenters. The van der Waals surface area contributed by atoms with Crippen LogP contribution in [0.3, 0.4) is 0 Å². The lowest BCUT2D eigenvalue weighted by Crippen LogP contribution is -2.23. The summed E-state index contributed by atoms with van der Waals surface area (Å²) in [6, 6.07) is 11.7. The van der Waals surface area contributed by atoms with Crippen LogP contribution in [0.15, 0.2) is 48.8 Å². The van der Waals surface area contributed by atoms with Crippen LogP contribution in [0, 0.1) is 0 Å². The van der Waals surface area contributed by atoms with E-state index >= 15 is 0 Å². The summed E-state index contributed by atoms with van der Waals surface area (Å²) >= 11 is 0. The van der Waals surface area contributed by atoms with Gasteiger partial charge in [-0.1, -0.05) is 12.8 Å². The zero-order chi connectivity index (χ0) is 19.6. The quantitative estimate of drug-likeness (QED) is 0.718. The molecule has 5 rings (SSSR count). The van der Waals surface area contributed by atoms with Crippen LogP contribution in [0.5, 0.6) is 11.5 Å². The summed E-state index contributed by atoms with van der Waals surface area (Å²) in [6.45, 7) is 0.557. The molecule has 29 heavy (non-hydrogen) atoms. The maximum atomic E-state index is 12.6. The normalized spacial score (nSPS) is 15.6. The van der Waals surface area contributed by atoms with Gasteiger partial charge in [0.05, 0.1) is 24.0 Å². The van der Waals surface area contributed by atoms with E-state index in [1.807, 2.05) is 12.1 Å². The summed E-state index contributed by atoms with van der Waals surface area (Å²) in [7, 11) is 0. The predicted octanol–water partition coefficient (Wildman–Crippen LogP) is 3.72. The van der Waals surface area contributed by atoms with E-state index in [-0.39, 0.29) is 12.7 Å². The number of hydrogen-bond acceptors (Lipinski definition) is 5. The van der Waals surface area contributed by atoms with Gasteiger partial charge in [-0.2, -0.15) is 5.10 Å². The molecule has 0 bridgehead atoms. The number of benzene rings is 1. The summed E-state index contributed by atoms with van der Waals surface area (Å²) in [5.74, 6) is 1.10. The van der Waals surface area contributed by atoms with Gasteiger partial charge in [0.2, 0.25) is 6.79 Å². The molecule has 1 aromatic carbocycles. The number of nitrogens with zero attached hydrogens (tertiary/aromatic N) is 3. The average Bonchev–Trinajstić information content (AvgIpc) is 3.52. The van der Waals surface area contributed by atoms with E-state index in [2.05, 4.69) is 21.0 Å². The molecule has 1 fully saturated rings. The molecule has 3 aromatic rings. The number of ether oxygens (including phenoxy) is 2. The monoisotopic (exact) mass is 390 g/mol. The van der Waals surface area contributed by atoms with Crippen molar-refractivity contribution in [2.75, 3.05) is 6.79 Å². The Bertz CT molecular complexity index is 1030. The van der Waals surface area contributed by atoms with Crippen molar-refractivity contribution in [2.45, 2.75) is 38.3 Å². The molecule has 1 amide bonds. The minimum atomic E-state index is -0.163. The zero-order valence-electron chi connectivity index (χ0n) is 16.0. The number of aromatic nitrogens is 3. The molecular weight excluding hydrogens is 368 g/mol. The fraction of sp³-hybridized carbons (Fsp3) is 0.318. The second kappa shape index (κ2) is 7.58. The Labute approximate surface area is 168 Å². The van der Waals surface area contributed by atoms with Crippen LogP contribution in [-0.4, -0.2) is 27.5 Å². The molecule has 0 radical (unpaired) electrons. The number of carbonyl (C=O) groups excluding carboxylic acids is 1. The maximum Gasteiger partial charge on any atom is 0.251 e. The molecule has 1 N–H and O–H groups in total. The highest BCUT2D eigenvalue weighted by Crippen LogP contribution is 2.34. The summed E-state index contributed by atoms with van der Waals surface area (Å²) in [4.78, 5) is 16.7. The fourth-order valence-corrected chi connectivity index (χ4v) is 4.01. The molecule has 0 saturated heterocycles. The number of pyridine rings is 1. The summed E-state index contributed by atoms with van der Waals surface area (Å²) in [5.41, 5.74) is 3.55. The highest BCUT2D eigenvalue weighted by molar-refractivity contribution is 5.94. The van der Waals surface area contributed by atoms with Crippen molar-refractivity contribution >= 4 is 5.91 Å². The van der Waals surface area contributed by atoms with E-state index in [9.17, 15) is 4.79 Å². The summed E-state index contributed by atoms with van der Waals surface area (Å²) in [6.07, 6.45) is 8.34. The Hall–Kier alpha value is -3.35. The second-order valence-electron chi connectivity index (χ2n) is 7.39. The van der Waals surface area contributed by atoms with Gasteiger partial charge in [-0.15, -0.1) is 0 Å². The molecule has 2 aliphatic rings. The first-order valence-corrected chi connectivity index (χ1v) is 9.94. The molecule has 7 heteroatoms. The van der Waals surface area contributed by atoms with Gasteiger partial charge in [0.1, 0.15) is 0 Å². The van der Waals surface area contributed by atoms with Crippen LogP contribution in [0.2, 0.25) is 0 Å². The van der Waals surface area contributed by atoms with E-state index in [1.54, 1.807) is 30.6 Å². The molecule has 1 aliphatic heterocycles. The number of carbonyl (C=O) groups is 1. The number of nitrogens with one attached hydrogen (secondary N) is 1. The van der Waals surface area contributed by atoms with Crippen molar-refractivity contribution < 1.29 is 14.3 Å². The number of fused-ring (bicyclic) bond motifs is 1. The number of amides is 1. The average molecular weight is 390 g/mol. The Kier molecular flexibility index (Phi) is 4.63. The van der Waals surface area contributed by atoms with Crippen molar-refractivity contribution in [1.29, 1.82) is 0 Å². The third kappa shape index (κ3) is 3.55. The lowest BCUT2D eigenvalue weighted by atomic mass is 10.1. The van der Waals surface area contributed by atoms with E-state index in [0.29, 0.717) is 29.6 Å². The van der Waals surface area contributed by atoms with Gasteiger partial charge in [0.15, 0.2) is 11.5 Å². The van der Waals surface area contributed by atoms with Gasteiger partial charge in [0, 0.05) is 23.5 Å². The summed E-state index contributed by atoms with van der Waals surface area (Å²) in [5, 5.41) is 7.79. The molecule has 2 aromatic heterocycles. The molecule has 0 unspecified atom stereocenters. The topological polar surface area (TPSA) is 78.3 Å². The second-order valence-corrected chi connectivity index (χ2v) is 7.39. The Morgan fingerprint density at radius 2 is 1.86 bits per heavy atom. The largest absolute Gasteiger partial charge is 0.454 e. The molecule has 0 spiro atoms. The number of hydrogen-bond donors (Lipinski definition) is 1. The van der Waals surface area contributed by atoms with Crippen LogP contribution < -0.4 is 14.8 Å². The van der Waals surface area contributed by atoms with E-state index in [1.165, 1.54) is 12.8 Å². The third-order valence-corrected chi connectivity index (χ3v) is 5.50. The first-order valence-electron chi connectivity index (χ1n) is 9.94. The molecular formula is C22H22N4O3. The van der Waals surface area contributed by atoms with Gasteiger partial charge in [-0.3, -0.25) is 14.5 Å². The Morgan fingerprint density at radius 3 is 2.69 bits per heavy atom. The predicted molar refractivity (Wildman–Crippen MR) is 107 cm³/mol. The Balaban J connectivity index is 1.35. The maximum absolute atomic E-state index is 12.6. The van der Waals surface area contributed by atoms with Crippen LogP contribution in [0.1, 0.15) is 47.8 Å². The van der Waals surface area contributed by atoms with Crippen molar-refractivity contribution in [2.24, 2.45) is 0 Å². The van der Waals surface area contributed by atoms with Gasteiger partial charge in [-0.25, -0.2) is 0 Å².